The molecule has 1 saturated carbocycles. The Morgan fingerprint density at radius 2 is 1.68 bits per heavy atom. The highest BCUT2D eigenvalue weighted by atomic mass is 32.1. The topological polar surface area (TPSA) is 52.9 Å². The number of carbonyl (C=O) groups is 1. The van der Waals surface area contributed by atoms with Gasteiger partial charge in [0.05, 0.1) is 17.2 Å². The van der Waals surface area contributed by atoms with Gasteiger partial charge < -0.3 is 0 Å². The van der Waals surface area contributed by atoms with E-state index in [-0.39, 0.29) is 21.2 Å². The van der Waals surface area contributed by atoms with Crippen LogP contribution in [0.15, 0.2) is 42.5 Å². The summed E-state index contributed by atoms with van der Waals surface area (Å²) in [6.07, 6.45) is -1.18. The minimum Gasteiger partial charge on any atom is -0.267 e. The molecule has 1 aliphatic heterocycles. The maximum Gasteiger partial charge on any atom is 0.417 e. The first-order valence-corrected chi connectivity index (χ1v) is 10.5. The third-order valence-electron chi connectivity index (χ3n) is 6.51. The van der Waals surface area contributed by atoms with Gasteiger partial charge in [0.25, 0.3) is 11.0 Å². The fraction of sp³-hybridized carbons (Fsp3) is 0.348. The summed E-state index contributed by atoms with van der Waals surface area (Å²) in [6, 6.07) is 12.7. The third-order valence-corrected chi connectivity index (χ3v) is 6.88. The van der Waals surface area contributed by atoms with Crippen LogP contribution in [0, 0.1) is 18.3 Å². The predicted molar refractivity (Wildman–Crippen MR) is 115 cm³/mol. The van der Waals surface area contributed by atoms with Gasteiger partial charge in [-0.15, -0.1) is 0 Å². The van der Waals surface area contributed by atoms with Crippen molar-refractivity contribution in [3.8, 4) is 6.07 Å². The van der Waals surface area contributed by atoms with E-state index in [1.165, 1.54) is 12.1 Å². The van der Waals surface area contributed by atoms with Crippen molar-refractivity contribution in [2.75, 3.05) is 0 Å². The van der Waals surface area contributed by atoms with Crippen LogP contribution in [0.25, 0.3) is 0 Å². The lowest BCUT2D eigenvalue weighted by Crippen LogP contribution is -2.63. The van der Waals surface area contributed by atoms with Gasteiger partial charge in [-0.3, -0.25) is 10.1 Å². The minimum atomic E-state index is -4.71. The molecule has 4 rings (SSSR count). The summed E-state index contributed by atoms with van der Waals surface area (Å²) >= 11 is 5.67. The number of carbonyl (C=O) groups excluding carboxylic acids is 1. The van der Waals surface area contributed by atoms with E-state index in [0.29, 0.717) is 18.5 Å². The standard InChI is InChI=1S/C23H20F3N3OS/c1-15-5-8-17(9-6-15)29(18-10-7-16(14-27)19(13-18)23(24,25)26)21(31)28-20(30)22(29)11-3-2-4-12-22/h5-10,13H,2-4,11-12H2,1H3/p+1. The summed E-state index contributed by atoms with van der Waals surface area (Å²) in [6.45, 7) is 1.92. The average molecular weight is 445 g/mol. The third kappa shape index (κ3) is 3.07. The Kier molecular flexibility index (Phi) is 5.15. The number of nitrogens with zero attached hydrogens (tertiary/aromatic N) is 2. The van der Waals surface area contributed by atoms with Crippen LogP contribution >= 0.6 is 12.2 Å². The molecular formula is C23H21F3N3OS+. The molecule has 1 aliphatic carbocycles. The highest BCUT2D eigenvalue weighted by molar-refractivity contribution is 7.80. The van der Waals surface area contributed by atoms with E-state index in [4.69, 9.17) is 12.2 Å². The van der Waals surface area contributed by atoms with Gasteiger partial charge in [-0.1, -0.05) is 24.1 Å². The fourth-order valence-electron chi connectivity index (χ4n) is 5.06. The number of amides is 1. The summed E-state index contributed by atoms with van der Waals surface area (Å²) in [4.78, 5) is 13.3. The number of alkyl halides is 3. The average Bonchev–Trinajstić information content (AvgIpc) is 2.95. The molecular weight excluding hydrogens is 423 g/mol. The van der Waals surface area contributed by atoms with Crippen LogP contribution in [0.2, 0.25) is 0 Å². The Balaban J connectivity index is 2.08. The van der Waals surface area contributed by atoms with E-state index in [0.717, 1.165) is 30.9 Å². The molecule has 31 heavy (non-hydrogen) atoms. The monoisotopic (exact) mass is 444 g/mol. The van der Waals surface area contributed by atoms with Crippen LogP contribution in [0.1, 0.15) is 48.8 Å². The molecule has 1 amide bonds. The van der Waals surface area contributed by atoms with Crippen molar-refractivity contribution >= 4 is 34.6 Å². The Hall–Kier alpha value is -2.76. The molecule has 8 heteroatoms. The number of hydrogen-bond acceptors (Lipinski definition) is 3. The van der Waals surface area contributed by atoms with Gasteiger partial charge in [-0.05, 0) is 25.8 Å². The molecule has 0 aromatic heterocycles. The van der Waals surface area contributed by atoms with E-state index >= 15 is 0 Å². The zero-order valence-electron chi connectivity index (χ0n) is 16.9. The van der Waals surface area contributed by atoms with Crippen LogP contribution in [0.4, 0.5) is 24.5 Å². The molecule has 2 aliphatic rings. The Morgan fingerprint density at radius 1 is 1.06 bits per heavy atom. The number of thiocarbonyl (C=S) groups is 1. The summed E-state index contributed by atoms with van der Waals surface area (Å²) < 4.78 is 41.2. The first-order valence-electron chi connectivity index (χ1n) is 10.1. The number of aryl methyl sites for hydroxylation is 1. The summed E-state index contributed by atoms with van der Waals surface area (Å²) in [5, 5.41) is 12.2. The lowest BCUT2D eigenvalue weighted by molar-refractivity contribution is -0.137. The number of quaternary nitrogens is 1. The van der Waals surface area contributed by atoms with Crippen molar-refractivity contribution in [2.45, 2.75) is 50.7 Å². The number of nitriles is 1. The summed E-state index contributed by atoms with van der Waals surface area (Å²) in [5.41, 5.74) is -0.652. The second-order valence-electron chi connectivity index (χ2n) is 8.20. The molecule has 2 fully saturated rings. The van der Waals surface area contributed by atoms with Crippen molar-refractivity contribution in [1.29, 1.82) is 5.26 Å². The molecule has 1 saturated heterocycles. The van der Waals surface area contributed by atoms with Crippen LogP contribution in [0.5, 0.6) is 0 Å². The van der Waals surface area contributed by atoms with Crippen LogP contribution in [-0.2, 0) is 11.0 Å². The van der Waals surface area contributed by atoms with Crippen molar-refractivity contribution in [3.63, 3.8) is 0 Å². The lowest BCUT2D eigenvalue weighted by atomic mass is 9.77. The van der Waals surface area contributed by atoms with Gasteiger partial charge in [0.2, 0.25) is 0 Å². The zero-order chi connectivity index (χ0) is 22.4. The number of halogens is 3. The van der Waals surface area contributed by atoms with Crippen LogP contribution in [0.3, 0.4) is 0 Å². The van der Waals surface area contributed by atoms with Gasteiger partial charge in [-0.25, -0.2) is 0 Å². The SMILES string of the molecule is Cc1ccc([N+]2(c3ccc(C#N)c(C(F)(F)F)c3)C(=S)NC(=O)C23CCCCC3)cc1. The zero-order valence-corrected chi connectivity index (χ0v) is 17.7. The largest absolute Gasteiger partial charge is 0.417 e. The molecule has 1 atom stereocenters. The number of nitrogens with one attached hydrogen (secondary N) is 1. The van der Waals surface area contributed by atoms with Gasteiger partial charge in [0.1, 0.15) is 11.4 Å². The molecule has 1 unspecified atom stereocenters. The van der Waals surface area contributed by atoms with Crippen LogP contribution in [-0.4, -0.2) is 16.6 Å². The highest BCUT2D eigenvalue weighted by Gasteiger charge is 2.67. The van der Waals surface area contributed by atoms with E-state index in [2.05, 4.69) is 5.32 Å². The second-order valence-corrected chi connectivity index (χ2v) is 8.58. The first-order chi connectivity index (χ1) is 14.7. The summed E-state index contributed by atoms with van der Waals surface area (Å²) in [7, 11) is 0. The number of rotatable bonds is 2. The Morgan fingerprint density at radius 3 is 2.26 bits per heavy atom. The maximum absolute atomic E-state index is 13.8. The highest BCUT2D eigenvalue weighted by Crippen LogP contribution is 2.53. The summed E-state index contributed by atoms with van der Waals surface area (Å²) in [5.74, 6) is -0.254. The van der Waals surface area contributed by atoms with E-state index in [1.54, 1.807) is 6.07 Å². The smallest absolute Gasteiger partial charge is 0.267 e. The quantitative estimate of drug-likeness (QED) is 0.482. The van der Waals surface area contributed by atoms with E-state index < -0.39 is 22.8 Å². The van der Waals surface area contributed by atoms with Crippen molar-refractivity contribution < 1.29 is 18.0 Å². The predicted octanol–water partition coefficient (Wildman–Crippen LogP) is 5.64. The number of benzene rings is 2. The molecule has 160 valence electrons. The molecule has 1 spiro atoms. The van der Waals surface area contributed by atoms with Crippen molar-refractivity contribution in [1.82, 2.24) is 9.80 Å². The first kappa shape index (κ1) is 21.5. The molecule has 2 aromatic rings. The van der Waals surface area contributed by atoms with Gasteiger partial charge >= 0.3 is 6.18 Å². The Labute approximate surface area is 183 Å². The lowest BCUT2D eigenvalue weighted by Gasteiger charge is -2.46. The Bertz CT molecular complexity index is 1100. The van der Waals surface area contributed by atoms with Gasteiger partial charge in [-0.2, -0.15) is 22.9 Å². The minimum absolute atomic E-state index is 0.161. The number of hydrogen-bond donors (Lipinski definition) is 1. The van der Waals surface area contributed by atoms with Gasteiger partial charge in [0.15, 0.2) is 5.54 Å². The molecule has 1 heterocycles. The maximum atomic E-state index is 13.8. The van der Waals surface area contributed by atoms with Crippen LogP contribution < -0.4 is 9.80 Å². The van der Waals surface area contributed by atoms with Gasteiger partial charge in [0, 0.05) is 49.3 Å². The molecule has 4 nitrogen and oxygen atoms in total. The normalized spacial score (nSPS) is 22.9. The van der Waals surface area contributed by atoms with Crippen molar-refractivity contribution in [2.24, 2.45) is 0 Å². The molecule has 1 N–H and O–H groups in total. The molecule has 2 aromatic carbocycles. The van der Waals surface area contributed by atoms with E-state index in [1.807, 2.05) is 31.2 Å². The van der Waals surface area contributed by atoms with Crippen molar-refractivity contribution in [3.05, 3.63) is 59.2 Å². The van der Waals surface area contributed by atoms with E-state index in [9.17, 15) is 23.2 Å². The fourth-order valence-corrected chi connectivity index (χ4v) is 5.54. The second kappa shape index (κ2) is 7.43. The molecule has 0 bridgehead atoms. The molecule has 0 radical (unpaired) electrons.